The van der Waals surface area contributed by atoms with Crippen molar-refractivity contribution in [3.63, 3.8) is 0 Å². The molecule has 43 heavy (non-hydrogen) atoms. The zero-order valence-corrected chi connectivity index (χ0v) is 26.9. The SMILES string of the molecule is C=C(C)c1c[nH]c2c(N3CCC(c4ccc(N5CCC(C(OCCCC)OCCCC)CC5)cc4F)CC3)ccc(C)c12. The number of piperidine rings is 2. The van der Waals surface area contributed by atoms with Crippen LogP contribution in [0.25, 0.3) is 16.5 Å². The van der Waals surface area contributed by atoms with Crippen molar-refractivity contribution in [1.29, 1.82) is 0 Å². The maximum atomic E-state index is 15.6. The lowest BCUT2D eigenvalue weighted by atomic mass is 9.88. The van der Waals surface area contributed by atoms with E-state index in [9.17, 15) is 0 Å². The molecule has 2 fully saturated rings. The molecule has 2 saturated heterocycles. The van der Waals surface area contributed by atoms with Crippen molar-refractivity contribution in [1.82, 2.24) is 4.98 Å². The predicted octanol–water partition coefficient (Wildman–Crippen LogP) is 9.21. The maximum absolute atomic E-state index is 15.6. The van der Waals surface area contributed by atoms with Crippen LogP contribution in [0.1, 0.15) is 94.7 Å². The van der Waals surface area contributed by atoms with E-state index in [1.54, 1.807) is 6.07 Å². The number of anilines is 2. The van der Waals surface area contributed by atoms with Crippen LogP contribution >= 0.6 is 0 Å². The second-order valence-electron chi connectivity index (χ2n) is 12.7. The number of fused-ring (bicyclic) bond motifs is 1. The molecule has 0 saturated carbocycles. The van der Waals surface area contributed by atoms with Crippen molar-refractivity contribution >= 4 is 27.9 Å². The summed E-state index contributed by atoms with van der Waals surface area (Å²) >= 11 is 0. The van der Waals surface area contributed by atoms with Crippen molar-refractivity contribution in [3.05, 3.63) is 65.6 Å². The minimum atomic E-state index is -0.119. The first-order valence-corrected chi connectivity index (χ1v) is 16.7. The highest BCUT2D eigenvalue weighted by atomic mass is 19.1. The zero-order valence-electron chi connectivity index (χ0n) is 26.9. The van der Waals surface area contributed by atoms with Gasteiger partial charge in [0.15, 0.2) is 6.29 Å². The average Bonchev–Trinajstić information content (AvgIpc) is 3.48. The minimum Gasteiger partial charge on any atom is -0.371 e. The molecule has 0 unspecified atom stereocenters. The first-order valence-electron chi connectivity index (χ1n) is 16.7. The Bertz CT molecular complexity index is 1340. The molecule has 3 heterocycles. The molecule has 2 aromatic carbocycles. The van der Waals surface area contributed by atoms with E-state index in [0.29, 0.717) is 5.92 Å². The number of allylic oxidation sites excluding steroid dienone is 1. The van der Waals surface area contributed by atoms with Crippen LogP contribution in [0.3, 0.4) is 0 Å². The number of nitrogens with zero attached hydrogens (tertiary/aromatic N) is 2. The van der Waals surface area contributed by atoms with Gasteiger partial charge in [-0.3, -0.25) is 0 Å². The number of unbranched alkanes of at least 4 members (excludes halogenated alkanes) is 2. The van der Waals surface area contributed by atoms with Crippen molar-refractivity contribution < 1.29 is 13.9 Å². The van der Waals surface area contributed by atoms with Crippen molar-refractivity contribution in [2.75, 3.05) is 49.2 Å². The van der Waals surface area contributed by atoms with Gasteiger partial charge in [0.2, 0.25) is 0 Å². The van der Waals surface area contributed by atoms with Gasteiger partial charge in [-0.15, -0.1) is 0 Å². The predicted molar refractivity (Wildman–Crippen MR) is 179 cm³/mol. The lowest BCUT2D eigenvalue weighted by molar-refractivity contribution is -0.177. The van der Waals surface area contributed by atoms with Gasteiger partial charge in [-0.25, -0.2) is 4.39 Å². The fourth-order valence-corrected chi connectivity index (χ4v) is 6.92. The van der Waals surface area contributed by atoms with Gasteiger partial charge in [0.1, 0.15) is 5.82 Å². The third-order valence-electron chi connectivity index (χ3n) is 9.59. The molecule has 6 heteroatoms. The monoisotopic (exact) mass is 589 g/mol. The van der Waals surface area contributed by atoms with E-state index in [2.05, 4.69) is 79.5 Å². The van der Waals surface area contributed by atoms with Crippen LogP contribution in [0.4, 0.5) is 15.8 Å². The van der Waals surface area contributed by atoms with E-state index in [1.165, 1.54) is 27.7 Å². The molecular formula is C37H52FN3O2. The standard InChI is InChI=1S/C37H52FN3O2/c1-6-8-22-42-37(43-23-9-7-2)29-16-18-40(19-17-29)30-11-12-31(33(38)24-30)28-14-20-41(21-15-28)34-13-10-27(5)35-32(26(3)4)25-39-36(34)35/h10-13,24-25,28-29,37,39H,3,6-9,14-23H2,1-2,4-5H3. The van der Waals surface area contributed by atoms with E-state index in [0.717, 1.165) is 108 Å². The Morgan fingerprint density at radius 3 is 2.21 bits per heavy atom. The molecule has 2 aliphatic heterocycles. The largest absolute Gasteiger partial charge is 0.371 e. The van der Waals surface area contributed by atoms with Crippen LogP contribution in [-0.2, 0) is 9.47 Å². The number of halogens is 1. The summed E-state index contributed by atoms with van der Waals surface area (Å²) in [7, 11) is 0. The van der Waals surface area contributed by atoms with Crippen molar-refractivity contribution in [2.24, 2.45) is 5.92 Å². The van der Waals surface area contributed by atoms with Crippen LogP contribution in [0, 0.1) is 18.7 Å². The van der Waals surface area contributed by atoms with Crippen molar-refractivity contribution in [3.8, 4) is 0 Å². The van der Waals surface area contributed by atoms with Gasteiger partial charge < -0.3 is 24.3 Å². The summed E-state index contributed by atoms with van der Waals surface area (Å²) in [5, 5.41) is 1.27. The molecule has 2 aliphatic rings. The first kappa shape index (κ1) is 31.6. The number of H-pyrrole nitrogens is 1. The Morgan fingerprint density at radius 2 is 1.60 bits per heavy atom. The number of aromatic nitrogens is 1. The zero-order chi connectivity index (χ0) is 30.3. The highest BCUT2D eigenvalue weighted by Crippen LogP contribution is 2.38. The normalized spacial score (nSPS) is 17.0. The molecule has 3 aromatic rings. The molecule has 0 amide bonds. The second-order valence-corrected chi connectivity index (χ2v) is 12.7. The maximum Gasteiger partial charge on any atom is 0.160 e. The summed E-state index contributed by atoms with van der Waals surface area (Å²) < 4.78 is 27.9. The summed E-state index contributed by atoms with van der Waals surface area (Å²) in [6.07, 6.45) is 10.2. The Balaban J connectivity index is 1.18. The molecule has 0 atom stereocenters. The van der Waals surface area contributed by atoms with Gasteiger partial charge in [-0.2, -0.15) is 0 Å². The van der Waals surface area contributed by atoms with Crippen LogP contribution < -0.4 is 9.80 Å². The van der Waals surface area contributed by atoms with Crippen LogP contribution in [-0.4, -0.2) is 50.7 Å². The molecule has 0 spiro atoms. The number of benzene rings is 2. The van der Waals surface area contributed by atoms with Crippen LogP contribution in [0.15, 0.2) is 43.1 Å². The van der Waals surface area contributed by atoms with Gasteiger partial charge in [-0.05, 0) is 93.2 Å². The fraction of sp³-hybridized carbons (Fsp3) is 0.568. The summed E-state index contributed by atoms with van der Waals surface area (Å²) in [5.74, 6) is 0.579. The van der Waals surface area contributed by atoms with E-state index >= 15 is 4.39 Å². The lowest BCUT2D eigenvalue weighted by Crippen LogP contribution is -2.40. The summed E-state index contributed by atoms with van der Waals surface area (Å²) in [4.78, 5) is 8.31. The molecule has 0 bridgehead atoms. The van der Waals surface area contributed by atoms with Gasteiger partial charge in [-0.1, -0.05) is 45.4 Å². The lowest BCUT2D eigenvalue weighted by Gasteiger charge is -2.37. The van der Waals surface area contributed by atoms with Gasteiger partial charge in [0.05, 0.1) is 11.2 Å². The van der Waals surface area contributed by atoms with Crippen molar-refractivity contribution in [2.45, 2.75) is 91.3 Å². The topological polar surface area (TPSA) is 40.7 Å². The molecule has 5 nitrogen and oxygen atoms in total. The number of aromatic amines is 1. The molecule has 0 radical (unpaired) electrons. The quantitative estimate of drug-likeness (QED) is 0.159. The van der Waals surface area contributed by atoms with E-state index in [4.69, 9.17) is 9.47 Å². The molecule has 1 N–H and O–H groups in total. The van der Waals surface area contributed by atoms with Gasteiger partial charge in [0, 0.05) is 68.1 Å². The fourth-order valence-electron chi connectivity index (χ4n) is 6.92. The molecular weight excluding hydrogens is 537 g/mol. The van der Waals surface area contributed by atoms with Crippen LogP contribution in [0.2, 0.25) is 0 Å². The Morgan fingerprint density at radius 1 is 0.953 bits per heavy atom. The number of hydrogen-bond donors (Lipinski definition) is 1. The van der Waals surface area contributed by atoms with Gasteiger partial charge >= 0.3 is 0 Å². The van der Waals surface area contributed by atoms with Crippen LogP contribution in [0.5, 0.6) is 0 Å². The Labute approximate surface area is 258 Å². The third kappa shape index (κ3) is 7.29. The molecule has 1 aromatic heterocycles. The highest BCUT2D eigenvalue weighted by molar-refractivity contribution is 6.01. The minimum absolute atomic E-state index is 0.0602. The number of nitrogens with one attached hydrogen (secondary N) is 1. The van der Waals surface area contributed by atoms with Gasteiger partial charge in [0.25, 0.3) is 0 Å². The highest BCUT2D eigenvalue weighted by Gasteiger charge is 2.29. The smallest absolute Gasteiger partial charge is 0.160 e. The molecule has 0 aliphatic carbocycles. The second kappa shape index (κ2) is 14.8. The summed E-state index contributed by atoms with van der Waals surface area (Å²) in [5.41, 5.74) is 7.81. The molecule has 5 rings (SSSR count). The number of hydrogen-bond acceptors (Lipinski definition) is 4. The Hall–Kier alpha value is -2.83. The van der Waals surface area contributed by atoms with E-state index in [1.807, 2.05) is 0 Å². The Kier molecular flexibility index (Phi) is 10.8. The third-order valence-corrected chi connectivity index (χ3v) is 9.59. The first-order chi connectivity index (χ1) is 20.9. The number of aryl methyl sites for hydroxylation is 1. The number of rotatable bonds is 13. The van der Waals surface area contributed by atoms with E-state index < -0.39 is 0 Å². The summed E-state index contributed by atoms with van der Waals surface area (Å²) in [6, 6.07) is 10.4. The average molecular weight is 590 g/mol. The summed E-state index contributed by atoms with van der Waals surface area (Å²) in [6.45, 7) is 17.9. The van der Waals surface area contributed by atoms with E-state index in [-0.39, 0.29) is 18.0 Å². The number of ether oxygens (including phenoxy) is 2. The molecule has 234 valence electrons.